The predicted molar refractivity (Wildman–Crippen MR) is 91.9 cm³/mol. The first kappa shape index (κ1) is 16.5. The van der Waals surface area contributed by atoms with Crippen LogP contribution in [-0.2, 0) is 21.2 Å². The van der Waals surface area contributed by atoms with E-state index in [-0.39, 0.29) is 4.90 Å². The monoisotopic (exact) mass is 345 g/mol. The summed E-state index contributed by atoms with van der Waals surface area (Å²) in [4.78, 5) is 12.3. The van der Waals surface area contributed by atoms with Crippen molar-refractivity contribution in [1.82, 2.24) is 0 Å². The predicted octanol–water partition coefficient (Wildman–Crippen LogP) is 2.84. The van der Waals surface area contributed by atoms with Crippen LogP contribution < -0.4 is 4.31 Å². The van der Waals surface area contributed by atoms with Gasteiger partial charge >= 0.3 is 5.97 Å². The van der Waals surface area contributed by atoms with Crippen LogP contribution >= 0.6 is 0 Å². The van der Waals surface area contributed by atoms with E-state index in [4.69, 9.17) is 4.74 Å². The average molecular weight is 345 g/mol. The molecule has 1 aliphatic rings. The van der Waals surface area contributed by atoms with Gasteiger partial charge in [-0.25, -0.2) is 13.2 Å². The van der Waals surface area contributed by atoms with Gasteiger partial charge in [-0.15, -0.1) is 0 Å². The molecule has 3 rings (SSSR count). The van der Waals surface area contributed by atoms with Crippen molar-refractivity contribution in [3.05, 3.63) is 58.7 Å². The summed E-state index contributed by atoms with van der Waals surface area (Å²) in [6.45, 7) is 4.06. The molecular weight excluding hydrogens is 326 g/mol. The largest absolute Gasteiger partial charge is 0.465 e. The normalized spacial score (nSPS) is 13.7. The highest BCUT2D eigenvalue weighted by molar-refractivity contribution is 7.92. The highest BCUT2D eigenvalue weighted by Gasteiger charge is 2.33. The Kier molecular flexibility index (Phi) is 4.09. The fraction of sp³-hybridized carbons (Fsp3) is 0.278. The van der Waals surface area contributed by atoms with E-state index in [9.17, 15) is 13.2 Å². The molecule has 2 aromatic rings. The van der Waals surface area contributed by atoms with Gasteiger partial charge in [0, 0.05) is 6.54 Å². The number of sulfonamides is 1. The molecule has 2 aromatic carbocycles. The third kappa shape index (κ3) is 2.67. The fourth-order valence-corrected chi connectivity index (χ4v) is 4.48. The molecule has 0 atom stereocenters. The zero-order chi connectivity index (χ0) is 17.5. The Hall–Kier alpha value is -2.34. The molecule has 0 saturated heterocycles. The summed E-state index contributed by atoms with van der Waals surface area (Å²) in [5, 5.41) is 0. The van der Waals surface area contributed by atoms with Gasteiger partial charge in [0.05, 0.1) is 23.3 Å². The standard InChI is InChI=1S/C18H19NO4S/c1-12-4-6-14(7-5-12)24(21,22)19-9-8-15-16(18(20)23-3)10-13(2)11-17(15)19/h4-7,10-11H,8-9H2,1-3H3. The second-order valence-electron chi connectivity index (χ2n) is 5.94. The summed E-state index contributed by atoms with van der Waals surface area (Å²) in [5.41, 5.74) is 3.55. The lowest BCUT2D eigenvalue weighted by molar-refractivity contribution is 0.0599. The van der Waals surface area contributed by atoms with Crippen LogP contribution in [0.3, 0.4) is 0 Å². The Morgan fingerprint density at radius 3 is 2.38 bits per heavy atom. The van der Waals surface area contributed by atoms with E-state index in [1.165, 1.54) is 11.4 Å². The second-order valence-corrected chi connectivity index (χ2v) is 7.80. The van der Waals surface area contributed by atoms with Crippen molar-refractivity contribution in [1.29, 1.82) is 0 Å². The maximum Gasteiger partial charge on any atom is 0.338 e. The van der Waals surface area contributed by atoms with Gasteiger partial charge in [-0.2, -0.15) is 0 Å². The van der Waals surface area contributed by atoms with E-state index in [1.807, 2.05) is 13.8 Å². The lowest BCUT2D eigenvalue weighted by atomic mass is 10.0. The van der Waals surface area contributed by atoms with Crippen LogP contribution in [0.15, 0.2) is 41.3 Å². The van der Waals surface area contributed by atoms with E-state index >= 15 is 0 Å². The fourth-order valence-electron chi connectivity index (χ4n) is 3.00. The second kappa shape index (κ2) is 5.94. The maximum atomic E-state index is 13.0. The molecule has 0 aliphatic carbocycles. The third-order valence-corrected chi connectivity index (χ3v) is 6.05. The van der Waals surface area contributed by atoms with E-state index < -0.39 is 16.0 Å². The number of rotatable bonds is 3. The van der Waals surface area contributed by atoms with Crippen molar-refractivity contribution in [3.63, 3.8) is 0 Å². The maximum absolute atomic E-state index is 13.0. The molecule has 0 spiro atoms. The van der Waals surface area contributed by atoms with Gasteiger partial charge in [0.25, 0.3) is 10.0 Å². The number of nitrogens with zero attached hydrogens (tertiary/aromatic N) is 1. The van der Waals surface area contributed by atoms with Crippen LogP contribution in [0.2, 0.25) is 0 Å². The zero-order valence-corrected chi connectivity index (χ0v) is 14.7. The molecule has 0 N–H and O–H groups in total. The van der Waals surface area contributed by atoms with Crippen LogP contribution in [-0.4, -0.2) is 28.0 Å². The lowest BCUT2D eigenvalue weighted by Gasteiger charge is -2.20. The summed E-state index contributed by atoms with van der Waals surface area (Å²) in [6.07, 6.45) is 0.491. The molecule has 126 valence electrons. The van der Waals surface area contributed by atoms with Crippen molar-refractivity contribution in [2.24, 2.45) is 0 Å². The molecule has 0 amide bonds. The van der Waals surface area contributed by atoms with E-state index in [2.05, 4.69) is 0 Å². The van der Waals surface area contributed by atoms with Gasteiger partial charge in [-0.05, 0) is 55.7 Å². The molecule has 0 radical (unpaired) electrons. The number of methoxy groups -OCH3 is 1. The number of esters is 1. The molecular formula is C18H19NO4S. The first-order valence-corrected chi connectivity index (χ1v) is 9.10. The Morgan fingerprint density at radius 1 is 1.08 bits per heavy atom. The molecule has 5 nitrogen and oxygen atoms in total. The Balaban J connectivity index is 2.11. The van der Waals surface area contributed by atoms with Crippen LogP contribution in [0.4, 0.5) is 5.69 Å². The molecule has 0 unspecified atom stereocenters. The van der Waals surface area contributed by atoms with Crippen molar-refractivity contribution >= 4 is 21.7 Å². The van der Waals surface area contributed by atoms with Crippen molar-refractivity contribution in [2.75, 3.05) is 18.0 Å². The smallest absolute Gasteiger partial charge is 0.338 e. The number of fused-ring (bicyclic) bond motifs is 1. The zero-order valence-electron chi connectivity index (χ0n) is 13.9. The number of ether oxygens (including phenoxy) is 1. The van der Waals surface area contributed by atoms with Gasteiger partial charge in [-0.1, -0.05) is 17.7 Å². The van der Waals surface area contributed by atoms with Crippen molar-refractivity contribution < 1.29 is 17.9 Å². The third-order valence-electron chi connectivity index (χ3n) is 4.22. The summed E-state index contributed by atoms with van der Waals surface area (Å²) in [5.74, 6) is -0.440. The summed E-state index contributed by atoms with van der Waals surface area (Å²) in [7, 11) is -2.33. The summed E-state index contributed by atoms with van der Waals surface area (Å²) >= 11 is 0. The number of anilines is 1. The van der Waals surface area contributed by atoms with Gasteiger partial charge in [0.2, 0.25) is 0 Å². The quantitative estimate of drug-likeness (QED) is 0.803. The average Bonchev–Trinajstić information content (AvgIpc) is 2.98. The van der Waals surface area contributed by atoms with Gasteiger partial charge in [0.1, 0.15) is 0 Å². The van der Waals surface area contributed by atoms with Crippen molar-refractivity contribution in [2.45, 2.75) is 25.2 Å². The minimum atomic E-state index is -3.65. The molecule has 0 aromatic heterocycles. The van der Waals surface area contributed by atoms with Crippen LogP contribution in [0.1, 0.15) is 27.0 Å². The Bertz CT molecular complexity index is 901. The highest BCUT2D eigenvalue weighted by Crippen LogP contribution is 2.36. The molecule has 6 heteroatoms. The topological polar surface area (TPSA) is 63.7 Å². The van der Waals surface area contributed by atoms with Crippen molar-refractivity contribution in [3.8, 4) is 0 Å². The van der Waals surface area contributed by atoms with Gasteiger partial charge < -0.3 is 4.74 Å². The Morgan fingerprint density at radius 2 is 1.75 bits per heavy atom. The van der Waals surface area contributed by atoms with Crippen LogP contribution in [0, 0.1) is 13.8 Å². The van der Waals surface area contributed by atoms with Gasteiger partial charge in [0.15, 0.2) is 0 Å². The molecule has 24 heavy (non-hydrogen) atoms. The number of carbonyl (C=O) groups is 1. The first-order valence-electron chi connectivity index (χ1n) is 7.66. The van der Waals surface area contributed by atoms with Gasteiger partial charge in [-0.3, -0.25) is 4.31 Å². The molecule has 1 aliphatic heterocycles. The van der Waals surface area contributed by atoms with Crippen LogP contribution in [0.25, 0.3) is 0 Å². The number of carbonyl (C=O) groups excluding carboxylic acids is 1. The lowest BCUT2D eigenvalue weighted by Crippen LogP contribution is -2.29. The number of hydrogen-bond acceptors (Lipinski definition) is 4. The summed E-state index contributed by atoms with van der Waals surface area (Å²) in [6, 6.07) is 10.3. The van der Waals surface area contributed by atoms with E-state index in [0.29, 0.717) is 24.2 Å². The van der Waals surface area contributed by atoms with E-state index in [0.717, 1.165) is 16.7 Å². The number of benzene rings is 2. The molecule has 0 saturated carbocycles. The SMILES string of the molecule is COC(=O)c1cc(C)cc2c1CCN2S(=O)(=O)c1ccc(C)cc1. The van der Waals surface area contributed by atoms with E-state index in [1.54, 1.807) is 36.4 Å². The minimum Gasteiger partial charge on any atom is -0.465 e. The highest BCUT2D eigenvalue weighted by atomic mass is 32.2. The number of hydrogen-bond donors (Lipinski definition) is 0. The molecule has 1 heterocycles. The molecule has 0 fully saturated rings. The first-order chi connectivity index (χ1) is 11.3. The van der Waals surface area contributed by atoms with Crippen LogP contribution in [0.5, 0.6) is 0 Å². The summed E-state index contributed by atoms with van der Waals surface area (Å²) < 4.78 is 32.2. The number of aryl methyl sites for hydroxylation is 2. The Labute approximate surface area is 141 Å². The molecule has 0 bridgehead atoms. The minimum absolute atomic E-state index is 0.252.